The van der Waals surface area contributed by atoms with Crippen LogP contribution in [0, 0.1) is 24.0 Å². The van der Waals surface area contributed by atoms with Crippen molar-refractivity contribution in [2.24, 2.45) is 0 Å². The first-order valence-corrected chi connectivity index (χ1v) is 8.88. The molecule has 1 heterocycles. The average Bonchev–Trinajstić information content (AvgIpc) is 2.65. The third-order valence-electron chi connectivity index (χ3n) is 3.90. The minimum absolute atomic E-state index is 0.00973. The van der Waals surface area contributed by atoms with E-state index in [0.717, 1.165) is 17.5 Å². The van der Waals surface area contributed by atoms with Crippen molar-refractivity contribution in [3.8, 4) is 0 Å². The molecule has 0 spiro atoms. The lowest BCUT2D eigenvalue weighted by Crippen LogP contribution is -2.30. The van der Waals surface area contributed by atoms with Gasteiger partial charge >= 0.3 is 5.69 Å². The molecule has 0 aliphatic carbocycles. The maximum atomic E-state index is 12.3. The second-order valence-corrected chi connectivity index (χ2v) is 6.64. The summed E-state index contributed by atoms with van der Waals surface area (Å²) in [6.45, 7) is 3.84. The van der Waals surface area contributed by atoms with Gasteiger partial charge in [0.05, 0.1) is 15.5 Å². The number of carbonyl (C=O) groups excluding carboxylic acids is 1. The largest absolute Gasteiger partial charge is 0.355 e. The third-order valence-corrected chi connectivity index (χ3v) is 4.23. The van der Waals surface area contributed by atoms with Crippen LogP contribution in [-0.2, 0) is 0 Å². The van der Waals surface area contributed by atoms with Crippen LogP contribution in [0.4, 0.5) is 23.0 Å². The van der Waals surface area contributed by atoms with E-state index in [1.54, 1.807) is 18.2 Å². The van der Waals surface area contributed by atoms with Gasteiger partial charge in [-0.15, -0.1) is 0 Å². The lowest BCUT2D eigenvalue weighted by Gasteiger charge is -2.12. The fourth-order valence-electron chi connectivity index (χ4n) is 2.75. The molecule has 0 bridgehead atoms. The van der Waals surface area contributed by atoms with E-state index < -0.39 is 16.5 Å². The highest BCUT2D eigenvalue weighted by Crippen LogP contribution is 2.31. The summed E-state index contributed by atoms with van der Waals surface area (Å²) in [6.07, 6.45) is 1.15. The average molecular weight is 413 g/mol. The molecule has 0 radical (unpaired) electrons. The highest BCUT2D eigenvalue weighted by atomic mass is 35.5. The van der Waals surface area contributed by atoms with E-state index >= 15 is 0 Å². The van der Waals surface area contributed by atoms with Gasteiger partial charge in [0.2, 0.25) is 11.6 Å². The first-order chi connectivity index (χ1) is 13.8. The summed E-state index contributed by atoms with van der Waals surface area (Å²) >= 11 is 5.99. The molecule has 0 atom stereocenters. The topological polar surface area (TPSA) is 122 Å². The van der Waals surface area contributed by atoms with Crippen molar-refractivity contribution in [2.75, 3.05) is 10.7 Å². The normalized spacial score (nSPS) is 10.3. The van der Waals surface area contributed by atoms with Gasteiger partial charge in [0.15, 0.2) is 0 Å². The van der Waals surface area contributed by atoms with Crippen molar-refractivity contribution < 1.29 is 9.72 Å². The fourth-order valence-corrected chi connectivity index (χ4v) is 2.97. The van der Waals surface area contributed by atoms with E-state index in [2.05, 4.69) is 26.1 Å². The molecule has 3 N–H and O–H groups in total. The standard InChI is InChI=1S/C19H17ClN6O3/c1-11-7-12(2)9-13(8-11)23-17-16(26(28)29)18(22-10-21-17)24-25-19(27)14-5-3-4-6-15(14)20/h3-10H,1-2H3,(H,25,27)(H2,21,22,23,24). The number of anilines is 3. The molecular weight excluding hydrogens is 396 g/mol. The number of halogens is 1. The Labute approximate surface area is 171 Å². The smallest absolute Gasteiger partial charge is 0.334 e. The SMILES string of the molecule is Cc1cc(C)cc(Nc2ncnc(NNC(=O)c3ccccc3Cl)c2[N+](=O)[O-])c1. The predicted octanol–water partition coefficient (Wildman–Crippen LogP) is 4.16. The minimum atomic E-state index is -0.630. The molecule has 0 unspecified atom stereocenters. The molecule has 0 aliphatic heterocycles. The zero-order valence-corrected chi connectivity index (χ0v) is 16.3. The van der Waals surface area contributed by atoms with Crippen LogP contribution in [0.25, 0.3) is 0 Å². The Morgan fingerprint density at radius 1 is 1.07 bits per heavy atom. The van der Waals surface area contributed by atoms with Gasteiger partial charge in [0.1, 0.15) is 6.33 Å². The Hall–Kier alpha value is -3.72. The molecule has 3 rings (SSSR count). The minimum Gasteiger partial charge on any atom is -0.334 e. The highest BCUT2D eigenvalue weighted by Gasteiger charge is 2.24. The number of nitro groups is 1. The molecule has 0 saturated carbocycles. The van der Waals surface area contributed by atoms with Crippen LogP contribution in [0.2, 0.25) is 5.02 Å². The molecular formula is C19H17ClN6O3. The van der Waals surface area contributed by atoms with Gasteiger partial charge in [-0.25, -0.2) is 9.97 Å². The second-order valence-electron chi connectivity index (χ2n) is 6.24. The van der Waals surface area contributed by atoms with Crippen LogP contribution in [0.5, 0.6) is 0 Å². The lowest BCUT2D eigenvalue weighted by atomic mass is 10.1. The molecule has 9 nitrogen and oxygen atoms in total. The van der Waals surface area contributed by atoms with Gasteiger partial charge in [-0.05, 0) is 49.2 Å². The quantitative estimate of drug-likeness (QED) is 0.410. The first-order valence-electron chi connectivity index (χ1n) is 8.50. The van der Waals surface area contributed by atoms with E-state index in [1.165, 1.54) is 6.07 Å². The second kappa shape index (κ2) is 8.53. The Bertz CT molecular complexity index is 1070. The van der Waals surface area contributed by atoms with E-state index in [-0.39, 0.29) is 22.2 Å². The summed E-state index contributed by atoms with van der Waals surface area (Å²) in [4.78, 5) is 31.2. The van der Waals surface area contributed by atoms with Gasteiger partial charge in [-0.2, -0.15) is 0 Å². The molecule has 0 saturated heterocycles. The fraction of sp³-hybridized carbons (Fsp3) is 0.105. The Morgan fingerprint density at radius 2 is 1.72 bits per heavy atom. The number of hydrogen-bond donors (Lipinski definition) is 3. The highest BCUT2D eigenvalue weighted by molar-refractivity contribution is 6.33. The number of nitrogens with zero attached hydrogens (tertiary/aromatic N) is 3. The van der Waals surface area contributed by atoms with Crippen molar-refractivity contribution in [1.29, 1.82) is 0 Å². The summed E-state index contributed by atoms with van der Waals surface area (Å²) in [5.41, 5.74) is 7.29. The van der Waals surface area contributed by atoms with E-state index in [4.69, 9.17) is 11.6 Å². The Kier molecular flexibility index (Phi) is 5.89. The molecule has 1 amide bonds. The monoisotopic (exact) mass is 412 g/mol. The van der Waals surface area contributed by atoms with Crippen LogP contribution in [-0.4, -0.2) is 20.8 Å². The first kappa shape index (κ1) is 20.0. The molecule has 148 valence electrons. The van der Waals surface area contributed by atoms with Crippen LogP contribution in [0.3, 0.4) is 0 Å². The Morgan fingerprint density at radius 3 is 2.38 bits per heavy atom. The number of aryl methyl sites for hydroxylation is 2. The molecule has 3 aromatic rings. The maximum Gasteiger partial charge on any atom is 0.355 e. The van der Waals surface area contributed by atoms with Crippen LogP contribution < -0.4 is 16.2 Å². The van der Waals surface area contributed by atoms with Crippen molar-refractivity contribution in [3.63, 3.8) is 0 Å². The van der Waals surface area contributed by atoms with Gasteiger partial charge in [-0.1, -0.05) is 29.8 Å². The number of hydrogen-bond acceptors (Lipinski definition) is 7. The number of aromatic nitrogens is 2. The number of amides is 1. The number of nitrogens with one attached hydrogen (secondary N) is 3. The zero-order valence-electron chi connectivity index (χ0n) is 15.6. The molecule has 2 aromatic carbocycles. The van der Waals surface area contributed by atoms with Crippen LogP contribution in [0.1, 0.15) is 21.5 Å². The maximum absolute atomic E-state index is 12.3. The van der Waals surface area contributed by atoms with Crippen molar-refractivity contribution in [3.05, 3.63) is 80.6 Å². The van der Waals surface area contributed by atoms with Crippen LogP contribution in [0.15, 0.2) is 48.8 Å². The number of rotatable bonds is 6. The zero-order chi connectivity index (χ0) is 21.0. The van der Waals surface area contributed by atoms with E-state index in [0.29, 0.717) is 5.69 Å². The molecule has 0 fully saturated rings. The van der Waals surface area contributed by atoms with E-state index in [1.807, 2.05) is 32.0 Å². The van der Waals surface area contributed by atoms with Gasteiger partial charge in [0, 0.05) is 5.69 Å². The van der Waals surface area contributed by atoms with Crippen molar-refractivity contribution in [2.45, 2.75) is 13.8 Å². The van der Waals surface area contributed by atoms with E-state index in [9.17, 15) is 14.9 Å². The summed E-state index contributed by atoms with van der Waals surface area (Å²) in [5, 5.41) is 14.8. The molecule has 0 aliphatic rings. The van der Waals surface area contributed by atoms with Crippen molar-refractivity contribution >= 4 is 40.5 Å². The summed E-state index contributed by atoms with van der Waals surface area (Å²) in [7, 11) is 0. The number of benzene rings is 2. The van der Waals surface area contributed by atoms with Gasteiger partial charge in [-0.3, -0.25) is 25.8 Å². The molecule has 29 heavy (non-hydrogen) atoms. The molecule has 10 heteroatoms. The Balaban J connectivity index is 1.86. The predicted molar refractivity (Wildman–Crippen MR) is 110 cm³/mol. The lowest BCUT2D eigenvalue weighted by molar-refractivity contribution is -0.383. The van der Waals surface area contributed by atoms with Crippen LogP contribution >= 0.6 is 11.6 Å². The third kappa shape index (κ3) is 4.77. The number of hydrazine groups is 1. The summed E-state index contributed by atoms with van der Waals surface area (Å²) in [6, 6.07) is 12.1. The summed E-state index contributed by atoms with van der Waals surface area (Å²) in [5.74, 6) is -0.742. The van der Waals surface area contributed by atoms with Gasteiger partial charge in [0.25, 0.3) is 5.91 Å². The molecule has 1 aromatic heterocycles. The number of carbonyl (C=O) groups is 1. The summed E-state index contributed by atoms with van der Waals surface area (Å²) < 4.78 is 0. The van der Waals surface area contributed by atoms with Crippen molar-refractivity contribution in [1.82, 2.24) is 15.4 Å². The van der Waals surface area contributed by atoms with Gasteiger partial charge < -0.3 is 5.32 Å².